The number of nitrogens with zero attached hydrogens (tertiary/aromatic N) is 2. The molecule has 1 aliphatic heterocycles. The zero-order valence-electron chi connectivity index (χ0n) is 15.4. The Labute approximate surface area is 157 Å². The van der Waals surface area contributed by atoms with Crippen LogP contribution in [0.15, 0.2) is 34.6 Å². The number of aliphatic hydroxyl groups excluding tert-OH is 3. The van der Waals surface area contributed by atoms with Gasteiger partial charge in [0.2, 0.25) is 6.23 Å². The summed E-state index contributed by atoms with van der Waals surface area (Å²) in [4.78, 5) is 0. The molecule has 1 heterocycles. The van der Waals surface area contributed by atoms with Gasteiger partial charge in [-0.2, -0.15) is 5.43 Å². The van der Waals surface area contributed by atoms with Crippen LogP contribution in [-0.2, 0) is 15.9 Å². The quantitative estimate of drug-likeness (QED) is 0.127. The Morgan fingerprint density at radius 1 is 1.26 bits per heavy atom. The normalized spacial score (nSPS) is 28.4. The molecule has 10 heteroatoms. The maximum absolute atomic E-state index is 10.2. The second-order valence-electron chi connectivity index (χ2n) is 6.07. The summed E-state index contributed by atoms with van der Waals surface area (Å²) >= 11 is 0. The van der Waals surface area contributed by atoms with Gasteiger partial charge in [0.1, 0.15) is 24.1 Å². The molecule has 1 fully saturated rings. The molecule has 5 unspecified atom stereocenters. The van der Waals surface area contributed by atoms with Crippen molar-refractivity contribution in [2.75, 3.05) is 20.3 Å². The first kappa shape index (κ1) is 21.4. The fourth-order valence-corrected chi connectivity index (χ4v) is 2.78. The van der Waals surface area contributed by atoms with Crippen molar-refractivity contribution in [2.45, 2.75) is 44.0 Å². The molecule has 0 aliphatic carbocycles. The van der Waals surface area contributed by atoms with Crippen LogP contribution < -0.4 is 10.2 Å². The van der Waals surface area contributed by atoms with E-state index in [0.29, 0.717) is 6.61 Å². The zero-order valence-corrected chi connectivity index (χ0v) is 15.4. The third-order valence-electron chi connectivity index (χ3n) is 4.17. The lowest BCUT2D eigenvalue weighted by Crippen LogP contribution is -2.91. The van der Waals surface area contributed by atoms with Crippen molar-refractivity contribution in [3.63, 3.8) is 0 Å². The van der Waals surface area contributed by atoms with Gasteiger partial charge in [-0.25, -0.2) is 0 Å². The number of rotatable bonds is 8. The van der Waals surface area contributed by atoms with E-state index in [1.165, 1.54) is 12.5 Å². The average molecular weight is 383 g/mol. The average Bonchev–Trinajstić information content (AvgIpc) is 2.66. The van der Waals surface area contributed by atoms with Gasteiger partial charge >= 0.3 is 0 Å². The summed E-state index contributed by atoms with van der Waals surface area (Å²) in [6.45, 7) is 2.07. The number of aliphatic hydroxyl groups is 3. The van der Waals surface area contributed by atoms with Gasteiger partial charge < -0.3 is 29.5 Å². The lowest BCUT2D eigenvalue weighted by Gasteiger charge is -2.38. The smallest absolute Gasteiger partial charge is 0.245 e. The van der Waals surface area contributed by atoms with Gasteiger partial charge in [0.05, 0.1) is 13.2 Å². The number of benzene rings is 1. The number of nitrogens with two attached hydrogens (primary N) is 1. The molecule has 1 aromatic carbocycles. The van der Waals surface area contributed by atoms with Crippen LogP contribution >= 0.6 is 0 Å². The van der Waals surface area contributed by atoms with Gasteiger partial charge in [0.15, 0.2) is 11.9 Å². The molecule has 1 saturated heterocycles. The van der Waals surface area contributed by atoms with Gasteiger partial charge in [0, 0.05) is 18.8 Å². The minimum Gasteiger partial charge on any atom is -0.494 e. The SMILES string of the molecule is CCOc1ccc(CC(=N)N=N[NH2+]C2OC(CO)C(O)C(OC)C2O)cc1. The highest BCUT2D eigenvalue weighted by Gasteiger charge is 2.47. The monoisotopic (exact) mass is 383 g/mol. The van der Waals surface area contributed by atoms with Crippen molar-refractivity contribution in [1.82, 2.24) is 0 Å². The number of amidine groups is 1. The summed E-state index contributed by atoms with van der Waals surface area (Å²) in [7, 11) is 1.35. The van der Waals surface area contributed by atoms with Crippen LogP contribution in [0.4, 0.5) is 0 Å². The molecule has 0 bridgehead atoms. The first-order valence-corrected chi connectivity index (χ1v) is 8.68. The number of methoxy groups -OCH3 is 1. The number of quaternary nitrogens is 1. The summed E-state index contributed by atoms with van der Waals surface area (Å²) in [5, 5.41) is 44.9. The first-order valence-electron chi connectivity index (χ1n) is 8.68. The van der Waals surface area contributed by atoms with E-state index < -0.39 is 37.3 Å². The molecule has 0 aromatic heterocycles. The molecule has 1 aliphatic rings. The van der Waals surface area contributed by atoms with Gasteiger partial charge in [-0.3, -0.25) is 5.41 Å². The van der Waals surface area contributed by atoms with Crippen LogP contribution in [0.5, 0.6) is 5.75 Å². The molecule has 27 heavy (non-hydrogen) atoms. The van der Waals surface area contributed by atoms with Crippen LogP contribution in [0, 0.1) is 5.41 Å². The molecule has 0 spiro atoms. The summed E-state index contributed by atoms with van der Waals surface area (Å²) in [6, 6.07) is 7.35. The molecule has 6 N–H and O–H groups in total. The first-order chi connectivity index (χ1) is 13.0. The lowest BCUT2D eigenvalue weighted by molar-refractivity contribution is -0.753. The highest BCUT2D eigenvalue weighted by Crippen LogP contribution is 2.20. The zero-order chi connectivity index (χ0) is 19.8. The van der Waals surface area contributed by atoms with E-state index in [0.717, 1.165) is 11.3 Å². The van der Waals surface area contributed by atoms with E-state index in [1.54, 1.807) is 0 Å². The van der Waals surface area contributed by atoms with Crippen molar-refractivity contribution >= 4 is 5.84 Å². The molecule has 0 radical (unpaired) electrons. The topological polar surface area (TPSA) is 154 Å². The molecular formula is C17H27N4O6+. The standard InChI is InChI=1S/C17H26N4O6/c1-3-26-11-6-4-10(5-7-11)8-13(18)19-21-20-17-15(24)16(25-2)14(23)12(9-22)27-17/h4-7,12,14-17,22-24H,3,8-9H2,1-2H3,(H2,18,19,20)/p+1. The fraction of sp³-hybridized carbons (Fsp3) is 0.588. The predicted molar refractivity (Wildman–Crippen MR) is 94.4 cm³/mol. The molecule has 0 saturated carbocycles. The van der Waals surface area contributed by atoms with E-state index >= 15 is 0 Å². The number of hydrogen-bond donors (Lipinski definition) is 5. The summed E-state index contributed by atoms with van der Waals surface area (Å²) < 4.78 is 15.8. The van der Waals surface area contributed by atoms with Crippen molar-refractivity contribution in [3.8, 4) is 5.75 Å². The van der Waals surface area contributed by atoms with Crippen LogP contribution in [0.2, 0.25) is 0 Å². The number of nitrogens with one attached hydrogen (secondary N) is 1. The molecule has 0 amide bonds. The van der Waals surface area contributed by atoms with Gasteiger partial charge in [-0.1, -0.05) is 17.2 Å². The van der Waals surface area contributed by atoms with Gasteiger partial charge in [-0.05, 0) is 24.6 Å². The maximum Gasteiger partial charge on any atom is 0.245 e. The van der Waals surface area contributed by atoms with Crippen molar-refractivity contribution in [2.24, 2.45) is 10.3 Å². The van der Waals surface area contributed by atoms with Crippen molar-refractivity contribution in [3.05, 3.63) is 29.8 Å². The van der Waals surface area contributed by atoms with Gasteiger partial charge in [0.25, 0.3) is 0 Å². The Kier molecular flexibility index (Phi) is 8.23. The van der Waals surface area contributed by atoms with E-state index in [-0.39, 0.29) is 12.3 Å². The largest absolute Gasteiger partial charge is 0.494 e. The van der Waals surface area contributed by atoms with Crippen molar-refractivity contribution < 1.29 is 35.0 Å². The van der Waals surface area contributed by atoms with E-state index in [1.807, 2.05) is 31.2 Å². The second-order valence-corrected chi connectivity index (χ2v) is 6.07. The highest BCUT2D eigenvalue weighted by atomic mass is 16.6. The maximum atomic E-state index is 10.2. The lowest BCUT2D eigenvalue weighted by atomic mass is 9.98. The third-order valence-corrected chi connectivity index (χ3v) is 4.17. The fourth-order valence-electron chi connectivity index (χ4n) is 2.78. The van der Waals surface area contributed by atoms with Crippen LogP contribution in [0.3, 0.4) is 0 Å². The number of ether oxygens (including phenoxy) is 3. The Morgan fingerprint density at radius 2 is 1.96 bits per heavy atom. The summed E-state index contributed by atoms with van der Waals surface area (Å²) in [6.07, 6.45) is -4.79. The third kappa shape index (κ3) is 5.76. The molecule has 1 aromatic rings. The second kappa shape index (κ2) is 10.4. The Balaban J connectivity index is 1.88. The molecule has 2 rings (SSSR count). The van der Waals surface area contributed by atoms with E-state index in [9.17, 15) is 15.3 Å². The Morgan fingerprint density at radius 3 is 2.56 bits per heavy atom. The molecule has 10 nitrogen and oxygen atoms in total. The van der Waals surface area contributed by atoms with Crippen LogP contribution in [0.25, 0.3) is 0 Å². The predicted octanol–water partition coefficient (Wildman–Crippen LogP) is -1.01. The van der Waals surface area contributed by atoms with Crippen LogP contribution in [-0.4, -0.2) is 72.1 Å². The molecular weight excluding hydrogens is 356 g/mol. The minimum absolute atomic E-state index is 0.0303. The highest BCUT2D eigenvalue weighted by molar-refractivity contribution is 5.81. The summed E-state index contributed by atoms with van der Waals surface area (Å²) in [5.41, 5.74) is 2.12. The van der Waals surface area contributed by atoms with E-state index in [2.05, 4.69) is 10.3 Å². The van der Waals surface area contributed by atoms with E-state index in [4.69, 9.17) is 19.6 Å². The van der Waals surface area contributed by atoms with Crippen LogP contribution in [0.1, 0.15) is 12.5 Å². The Hall–Kier alpha value is -1.95. The minimum atomic E-state index is -1.17. The summed E-state index contributed by atoms with van der Waals surface area (Å²) in [5.74, 6) is 0.794. The van der Waals surface area contributed by atoms with Gasteiger partial charge in [-0.15, -0.1) is 0 Å². The van der Waals surface area contributed by atoms with Crippen molar-refractivity contribution in [1.29, 1.82) is 5.41 Å². The molecule has 5 atom stereocenters. The Bertz CT molecular complexity index is 626. The number of hydrogen-bond acceptors (Lipinski definition) is 8. The molecule has 150 valence electrons.